The molecular weight excluding hydrogens is 308 g/mol. The van der Waals surface area contributed by atoms with Crippen molar-refractivity contribution in [3.8, 4) is 11.8 Å². The minimum Gasteiger partial charge on any atom is -0.462 e. The van der Waals surface area contributed by atoms with E-state index in [9.17, 15) is 4.79 Å². The van der Waals surface area contributed by atoms with Crippen LogP contribution in [0.15, 0.2) is 24.3 Å². The van der Waals surface area contributed by atoms with Gasteiger partial charge in [0.25, 0.3) is 0 Å². The Morgan fingerprint density at radius 2 is 2.08 bits per heavy atom. The molecule has 0 aliphatic heterocycles. The van der Waals surface area contributed by atoms with Gasteiger partial charge in [-0.05, 0) is 68.4 Å². The zero-order valence-electron chi connectivity index (χ0n) is 15.8. The van der Waals surface area contributed by atoms with E-state index in [4.69, 9.17) is 4.74 Å². The topological polar surface area (TPSA) is 26.3 Å². The molecule has 2 saturated carbocycles. The van der Waals surface area contributed by atoms with Gasteiger partial charge in [0.2, 0.25) is 0 Å². The van der Waals surface area contributed by atoms with Gasteiger partial charge in [-0.1, -0.05) is 43.9 Å². The van der Waals surface area contributed by atoms with Crippen LogP contribution in [0.5, 0.6) is 0 Å². The maximum atomic E-state index is 12.5. The third-order valence-corrected chi connectivity index (χ3v) is 6.62. The van der Waals surface area contributed by atoms with Crippen molar-refractivity contribution in [1.29, 1.82) is 0 Å². The van der Waals surface area contributed by atoms with Gasteiger partial charge < -0.3 is 4.74 Å². The fourth-order valence-electron chi connectivity index (χ4n) is 5.36. The van der Waals surface area contributed by atoms with Crippen molar-refractivity contribution in [2.24, 2.45) is 17.3 Å². The highest BCUT2D eigenvalue weighted by atomic mass is 16.5. The lowest BCUT2D eigenvalue weighted by Gasteiger charge is -2.43. The van der Waals surface area contributed by atoms with Gasteiger partial charge in [0.15, 0.2) is 0 Å². The summed E-state index contributed by atoms with van der Waals surface area (Å²) in [6.07, 6.45) is 7.89. The van der Waals surface area contributed by atoms with Crippen LogP contribution in [0.3, 0.4) is 0 Å². The van der Waals surface area contributed by atoms with Crippen molar-refractivity contribution < 1.29 is 9.53 Å². The average molecular weight is 338 g/mol. The number of hydrogen-bond acceptors (Lipinski definition) is 2. The number of esters is 1. The fraction of sp³-hybridized carbons (Fsp3) is 0.609. The first-order chi connectivity index (χ1) is 12.1. The third kappa shape index (κ3) is 3.34. The lowest BCUT2D eigenvalue weighted by atomic mass is 9.61. The number of hydrogen-bond donors (Lipinski definition) is 0. The molecule has 4 atom stereocenters. The smallest absolute Gasteiger partial charge is 0.338 e. The van der Waals surface area contributed by atoms with Crippen LogP contribution in [-0.2, 0) is 4.74 Å². The molecule has 2 heteroatoms. The monoisotopic (exact) mass is 338 g/mol. The van der Waals surface area contributed by atoms with E-state index in [0.29, 0.717) is 23.5 Å². The van der Waals surface area contributed by atoms with Crippen LogP contribution >= 0.6 is 0 Å². The second-order valence-corrected chi connectivity index (χ2v) is 7.81. The third-order valence-electron chi connectivity index (χ3n) is 6.62. The molecule has 2 fully saturated rings. The summed E-state index contributed by atoms with van der Waals surface area (Å²) in [6, 6.07) is 7.93. The van der Waals surface area contributed by atoms with E-state index in [2.05, 4.69) is 24.8 Å². The standard InChI is InChI=1S/C23H30O2/c1-4-10-19(18-12-6-7-13-20(18)22(24)25-5-2)21-15-14-17-11-8-9-16-23(17,21)3/h6-7,12-13,17,19,21H,5,8-9,11,14-16H2,1-3H3/t17?,19-,21?,23?/m0/s1. The van der Waals surface area contributed by atoms with E-state index < -0.39 is 0 Å². The van der Waals surface area contributed by atoms with Gasteiger partial charge >= 0.3 is 5.97 Å². The molecule has 0 amide bonds. The van der Waals surface area contributed by atoms with Gasteiger partial charge in [-0.2, -0.15) is 0 Å². The second-order valence-electron chi connectivity index (χ2n) is 7.81. The van der Waals surface area contributed by atoms with Crippen molar-refractivity contribution in [2.45, 2.75) is 65.2 Å². The summed E-state index contributed by atoms with van der Waals surface area (Å²) < 4.78 is 5.30. The van der Waals surface area contributed by atoms with Gasteiger partial charge in [0.1, 0.15) is 0 Å². The molecule has 134 valence electrons. The molecule has 3 rings (SSSR count). The van der Waals surface area contributed by atoms with Crippen LogP contribution < -0.4 is 0 Å². The normalized spacial score (nSPS) is 29.2. The maximum Gasteiger partial charge on any atom is 0.338 e. The van der Waals surface area contributed by atoms with Gasteiger partial charge in [0, 0.05) is 5.92 Å². The summed E-state index contributed by atoms with van der Waals surface area (Å²) in [5, 5.41) is 0. The molecule has 0 heterocycles. The molecule has 1 aromatic rings. The van der Waals surface area contributed by atoms with E-state index in [0.717, 1.165) is 11.5 Å². The first kappa shape index (κ1) is 18.1. The van der Waals surface area contributed by atoms with Crippen molar-refractivity contribution in [3.63, 3.8) is 0 Å². The zero-order chi connectivity index (χ0) is 17.9. The number of fused-ring (bicyclic) bond motifs is 1. The fourth-order valence-corrected chi connectivity index (χ4v) is 5.36. The number of carbonyl (C=O) groups excluding carboxylic acids is 1. The van der Waals surface area contributed by atoms with Crippen molar-refractivity contribution in [1.82, 2.24) is 0 Å². The first-order valence-corrected chi connectivity index (χ1v) is 9.80. The molecule has 2 nitrogen and oxygen atoms in total. The van der Waals surface area contributed by atoms with Crippen LogP contribution in [0.4, 0.5) is 0 Å². The zero-order valence-corrected chi connectivity index (χ0v) is 15.8. The van der Waals surface area contributed by atoms with Crippen molar-refractivity contribution in [3.05, 3.63) is 35.4 Å². The number of rotatable bonds is 4. The maximum absolute atomic E-state index is 12.5. The molecule has 0 N–H and O–H groups in total. The molecule has 0 saturated heterocycles. The van der Waals surface area contributed by atoms with Crippen molar-refractivity contribution >= 4 is 5.97 Å². The van der Waals surface area contributed by atoms with Crippen LogP contribution in [0.25, 0.3) is 0 Å². The minimum atomic E-state index is -0.218. The molecular formula is C23H30O2. The number of ether oxygens (including phenoxy) is 1. The summed E-state index contributed by atoms with van der Waals surface area (Å²) >= 11 is 0. The highest BCUT2D eigenvalue weighted by molar-refractivity contribution is 5.91. The van der Waals surface area contributed by atoms with Gasteiger partial charge in [0.05, 0.1) is 12.2 Å². The molecule has 0 radical (unpaired) electrons. The molecule has 25 heavy (non-hydrogen) atoms. The van der Waals surface area contributed by atoms with Gasteiger partial charge in [-0.25, -0.2) is 4.79 Å². The molecule has 0 spiro atoms. The van der Waals surface area contributed by atoms with Gasteiger partial charge in [-0.15, -0.1) is 5.92 Å². The summed E-state index contributed by atoms with van der Waals surface area (Å²) in [5.41, 5.74) is 2.11. The molecule has 2 aliphatic carbocycles. The van der Waals surface area contributed by atoms with Crippen LogP contribution in [0, 0.1) is 29.1 Å². The quantitative estimate of drug-likeness (QED) is 0.529. The largest absolute Gasteiger partial charge is 0.462 e. The Hall–Kier alpha value is -1.75. The predicted octanol–water partition coefficient (Wildman–Crippen LogP) is 5.58. The average Bonchev–Trinajstić information content (AvgIpc) is 2.97. The second kappa shape index (κ2) is 7.65. The summed E-state index contributed by atoms with van der Waals surface area (Å²) in [7, 11) is 0. The molecule has 2 aliphatic rings. The highest BCUT2D eigenvalue weighted by Gasteiger charge is 2.50. The Labute approximate surface area is 152 Å². The minimum absolute atomic E-state index is 0.124. The summed E-state index contributed by atoms with van der Waals surface area (Å²) in [6.45, 7) is 6.65. The van der Waals surface area contributed by atoms with Gasteiger partial charge in [-0.3, -0.25) is 0 Å². The van der Waals surface area contributed by atoms with E-state index in [1.54, 1.807) is 0 Å². The van der Waals surface area contributed by atoms with Crippen LogP contribution in [-0.4, -0.2) is 12.6 Å². The predicted molar refractivity (Wildman–Crippen MR) is 101 cm³/mol. The highest BCUT2D eigenvalue weighted by Crippen LogP contribution is 2.59. The first-order valence-electron chi connectivity index (χ1n) is 9.80. The summed E-state index contributed by atoms with van der Waals surface area (Å²) in [5.74, 6) is 7.89. The Bertz CT molecular complexity index is 681. The van der Waals surface area contributed by atoms with Crippen molar-refractivity contribution in [2.75, 3.05) is 6.61 Å². The lowest BCUT2D eigenvalue weighted by molar-refractivity contribution is 0.0522. The number of benzene rings is 1. The lowest BCUT2D eigenvalue weighted by Crippen LogP contribution is -2.35. The Balaban J connectivity index is 2.00. The molecule has 1 aromatic carbocycles. The number of carbonyl (C=O) groups is 1. The van der Waals surface area contributed by atoms with Crippen LogP contribution in [0.1, 0.15) is 81.1 Å². The molecule has 0 aromatic heterocycles. The SMILES string of the molecule is CC#C[C@@H](c1ccccc1C(=O)OCC)C1CCC2CCCCC21C. The molecule has 3 unspecified atom stereocenters. The Kier molecular flexibility index (Phi) is 5.52. The van der Waals surface area contributed by atoms with E-state index >= 15 is 0 Å². The Morgan fingerprint density at radius 3 is 2.84 bits per heavy atom. The summed E-state index contributed by atoms with van der Waals surface area (Å²) in [4.78, 5) is 12.5. The van der Waals surface area contributed by atoms with E-state index in [-0.39, 0.29) is 11.9 Å². The van der Waals surface area contributed by atoms with E-state index in [1.165, 1.54) is 38.5 Å². The Morgan fingerprint density at radius 1 is 1.28 bits per heavy atom. The van der Waals surface area contributed by atoms with Crippen LogP contribution in [0.2, 0.25) is 0 Å². The van der Waals surface area contributed by atoms with E-state index in [1.807, 2.05) is 32.0 Å². The molecule has 0 bridgehead atoms.